The Bertz CT molecular complexity index is 291. The van der Waals surface area contributed by atoms with Crippen LogP contribution >= 0.6 is 0 Å². The van der Waals surface area contributed by atoms with E-state index in [9.17, 15) is 10.1 Å². The molecule has 1 saturated carbocycles. The smallest absolute Gasteiger partial charge is 0.208 e. The maximum Gasteiger partial charge on any atom is 0.208 e. The molecule has 1 fully saturated rings. The summed E-state index contributed by atoms with van der Waals surface area (Å²) < 4.78 is 0. The fourth-order valence-corrected chi connectivity index (χ4v) is 2.51. The lowest BCUT2D eigenvalue weighted by Crippen LogP contribution is -2.27. The van der Waals surface area contributed by atoms with Crippen LogP contribution in [-0.2, 0) is 0 Å². The Labute approximate surface area is 109 Å². The molecule has 1 aliphatic carbocycles. The zero-order chi connectivity index (χ0) is 13.6. The van der Waals surface area contributed by atoms with E-state index in [0.29, 0.717) is 12.5 Å². The van der Waals surface area contributed by atoms with Gasteiger partial charge in [0.05, 0.1) is 12.1 Å². The van der Waals surface area contributed by atoms with Crippen LogP contribution in [0.1, 0.15) is 52.9 Å². The minimum absolute atomic E-state index is 0.0355. The van der Waals surface area contributed by atoms with Gasteiger partial charge in [-0.25, -0.2) is 0 Å². The second-order valence-corrected chi connectivity index (χ2v) is 6.27. The Morgan fingerprint density at radius 1 is 1.28 bits per heavy atom. The van der Waals surface area contributed by atoms with E-state index >= 15 is 0 Å². The van der Waals surface area contributed by atoms with Crippen molar-refractivity contribution in [3.63, 3.8) is 0 Å². The topological polar surface area (TPSA) is 67.9 Å². The van der Waals surface area contributed by atoms with E-state index < -0.39 is 0 Å². The summed E-state index contributed by atoms with van der Waals surface area (Å²) in [5, 5.41) is 19.1. The van der Waals surface area contributed by atoms with Crippen LogP contribution in [0.25, 0.3) is 0 Å². The molecule has 0 unspecified atom stereocenters. The van der Waals surface area contributed by atoms with Crippen LogP contribution in [0.5, 0.6) is 0 Å². The summed E-state index contributed by atoms with van der Waals surface area (Å²) in [6, 6.07) is 0. The number of nitro groups is 1. The third-order valence-corrected chi connectivity index (χ3v) is 3.39. The summed E-state index contributed by atoms with van der Waals surface area (Å²) in [5.74, 6) is 0.523. The molecule has 0 amide bonds. The number of azo groups is 1. The van der Waals surface area contributed by atoms with E-state index in [1.165, 1.54) is 19.3 Å². The summed E-state index contributed by atoms with van der Waals surface area (Å²) >= 11 is 0. The highest BCUT2D eigenvalue weighted by atomic mass is 16.6. The van der Waals surface area contributed by atoms with Gasteiger partial charge in [0, 0.05) is 10.8 Å². The van der Waals surface area contributed by atoms with Gasteiger partial charge in [-0.15, -0.1) is 0 Å². The number of nitrogens with zero attached hydrogens (tertiary/aromatic N) is 3. The molecule has 0 aromatic rings. The predicted molar refractivity (Wildman–Crippen MR) is 71.4 cm³/mol. The fraction of sp³-hybridized carbons (Fsp3) is 1.00. The summed E-state index contributed by atoms with van der Waals surface area (Å²) in [5.41, 5.74) is -0.189. The monoisotopic (exact) mass is 255 g/mol. The van der Waals surface area contributed by atoms with Gasteiger partial charge in [-0.3, -0.25) is 10.1 Å². The minimum Gasteiger partial charge on any atom is -0.265 e. The first-order chi connectivity index (χ1) is 8.38. The normalized spacial score (nSPS) is 20.2. The molecule has 0 heterocycles. The summed E-state index contributed by atoms with van der Waals surface area (Å²) in [6.45, 7) is 6.50. The average Bonchev–Trinajstić information content (AvgIpc) is 2.27. The lowest BCUT2D eigenvalue weighted by molar-refractivity contribution is -0.489. The average molecular weight is 255 g/mol. The standard InChI is InChI=1S/C13H25N3O2/c1-13(2,3)15-14-9-12(10-16(17)18)11-7-5-4-6-8-11/h11-12H,4-10H2,1-3H3/t12-/m1/s1. The maximum atomic E-state index is 10.7. The first-order valence-corrected chi connectivity index (χ1v) is 6.89. The van der Waals surface area contributed by atoms with Crippen LogP contribution in [0.4, 0.5) is 0 Å². The molecule has 104 valence electrons. The Hall–Kier alpha value is -1.00. The number of hydrogen-bond acceptors (Lipinski definition) is 4. The van der Waals surface area contributed by atoms with Gasteiger partial charge in [-0.2, -0.15) is 10.2 Å². The summed E-state index contributed by atoms with van der Waals surface area (Å²) in [6.07, 6.45) is 5.91. The van der Waals surface area contributed by atoms with E-state index in [2.05, 4.69) is 10.2 Å². The van der Waals surface area contributed by atoms with Gasteiger partial charge in [0.25, 0.3) is 0 Å². The molecule has 0 N–H and O–H groups in total. The van der Waals surface area contributed by atoms with Crippen molar-refractivity contribution >= 4 is 0 Å². The second-order valence-electron chi connectivity index (χ2n) is 6.27. The van der Waals surface area contributed by atoms with Crippen LogP contribution in [0.15, 0.2) is 10.2 Å². The molecule has 0 spiro atoms. The molecule has 0 aromatic heterocycles. The first-order valence-electron chi connectivity index (χ1n) is 6.89. The maximum absolute atomic E-state index is 10.7. The molecule has 0 bridgehead atoms. The molecule has 0 aromatic carbocycles. The van der Waals surface area contributed by atoms with Crippen LogP contribution in [0.3, 0.4) is 0 Å². The van der Waals surface area contributed by atoms with Gasteiger partial charge in [0.1, 0.15) is 0 Å². The third-order valence-electron chi connectivity index (χ3n) is 3.39. The molecule has 0 aliphatic heterocycles. The van der Waals surface area contributed by atoms with Crippen molar-refractivity contribution in [1.82, 2.24) is 0 Å². The van der Waals surface area contributed by atoms with Gasteiger partial charge >= 0.3 is 0 Å². The first kappa shape index (κ1) is 15.1. The van der Waals surface area contributed by atoms with Crippen molar-refractivity contribution in [2.75, 3.05) is 13.1 Å². The SMILES string of the molecule is CC(C)(C)N=NC[C@H](C[N+](=O)[O-])C1CCCCC1. The minimum atomic E-state index is -0.202. The lowest BCUT2D eigenvalue weighted by atomic mass is 9.80. The largest absolute Gasteiger partial charge is 0.265 e. The molecule has 1 aliphatic rings. The fourth-order valence-electron chi connectivity index (χ4n) is 2.51. The summed E-state index contributed by atoms with van der Waals surface area (Å²) in [7, 11) is 0. The molecule has 18 heavy (non-hydrogen) atoms. The number of hydrogen-bond donors (Lipinski definition) is 0. The highest BCUT2D eigenvalue weighted by Crippen LogP contribution is 2.30. The van der Waals surface area contributed by atoms with Crippen molar-refractivity contribution in [3.05, 3.63) is 10.1 Å². The van der Waals surface area contributed by atoms with Crippen LogP contribution in [-0.4, -0.2) is 23.6 Å². The van der Waals surface area contributed by atoms with Gasteiger partial charge in [-0.05, 0) is 39.5 Å². The van der Waals surface area contributed by atoms with Crippen LogP contribution in [0, 0.1) is 22.0 Å². The van der Waals surface area contributed by atoms with Gasteiger partial charge in [-0.1, -0.05) is 19.3 Å². The molecular formula is C13H25N3O2. The van der Waals surface area contributed by atoms with Crippen molar-refractivity contribution in [1.29, 1.82) is 0 Å². The molecule has 1 atom stereocenters. The highest BCUT2D eigenvalue weighted by molar-refractivity contribution is 4.76. The lowest BCUT2D eigenvalue weighted by Gasteiger charge is -2.26. The Morgan fingerprint density at radius 2 is 1.89 bits per heavy atom. The van der Waals surface area contributed by atoms with E-state index in [4.69, 9.17) is 0 Å². The Balaban J connectivity index is 2.54. The van der Waals surface area contributed by atoms with Gasteiger partial charge < -0.3 is 0 Å². The zero-order valence-corrected chi connectivity index (χ0v) is 11.8. The molecule has 5 heteroatoms. The van der Waals surface area contributed by atoms with E-state index in [-0.39, 0.29) is 22.9 Å². The second kappa shape index (κ2) is 6.81. The van der Waals surface area contributed by atoms with Gasteiger partial charge in [0.2, 0.25) is 6.54 Å². The zero-order valence-electron chi connectivity index (χ0n) is 11.8. The van der Waals surface area contributed by atoms with Crippen molar-refractivity contribution in [3.8, 4) is 0 Å². The molecule has 0 saturated heterocycles. The van der Waals surface area contributed by atoms with E-state index in [1.807, 2.05) is 20.8 Å². The molecule has 5 nitrogen and oxygen atoms in total. The van der Waals surface area contributed by atoms with E-state index in [0.717, 1.165) is 12.8 Å². The van der Waals surface area contributed by atoms with E-state index in [1.54, 1.807) is 0 Å². The number of rotatable bonds is 5. The highest BCUT2D eigenvalue weighted by Gasteiger charge is 2.27. The summed E-state index contributed by atoms with van der Waals surface area (Å²) in [4.78, 5) is 10.5. The Kier molecular flexibility index (Phi) is 5.69. The third kappa shape index (κ3) is 6.07. The molecule has 0 radical (unpaired) electrons. The van der Waals surface area contributed by atoms with Crippen molar-refractivity contribution in [2.45, 2.75) is 58.4 Å². The van der Waals surface area contributed by atoms with Gasteiger partial charge in [0.15, 0.2) is 0 Å². The molecule has 1 rings (SSSR count). The van der Waals surface area contributed by atoms with Crippen LogP contribution in [0.2, 0.25) is 0 Å². The predicted octanol–water partition coefficient (Wildman–Crippen LogP) is 3.71. The van der Waals surface area contributed by atoms with Crippen LogP contribution < -0.4 is 0 Å². The Morgan fingerprint density at radius 3 is 2.39 bits per heavy atom. The van der Waals surface area contributed by atoms with Crippen molar-refractivity contribution < 1.29 is 4.92 Å². The van der Waals surface area contributed by atoms with Crippen molar-refractivity contribution in [2.24, 2.45) is 22.1 Å². The quantitative estimate of drug-likeness (QED) is 0.427. The molecular weight excluding hydrogens is 230 g/mol.